The summed E-state index contributed by atoms with van der Waals surface area (Å²) in [5.74, 6) is 0. The molecule has 5 rings (SSSR count). The summed E-state index contributed by atoms with van der Waals surface area (Å²) in [5.41, 5.74) is 3.19. The van der Waals surface area contributed by atoms with Crippen LogP contribution in [0.5, 0.6) is 0 Å². The van der Waals surface area contributed by atoms with Crippen molar-refractivity contribution in [2.75, 3.05) is 6.61 Å². The van der Waals surface area contributed by atoms with Crippen molar-refractivity contribution in [1.82, 2.24) is 13.7 Å². The number of ether oxygens (including phenoxy) is 1. The zero-order valence-electron chi connectivity index (χ0n) is 19.3. The Bertz CT molecular complexity index is 1490. The lowest BCUT2D eigenvalue weighted by atomic mass is 10.0. The van der Waals surface area contributed by atoms with E-state index in [0.29, 0.717) is 17.5 Å². The lowest BCUT2D eigenvalue weighted by molar-refractivity contribution is -0.00302. The van der Waals surface area contributed by atoms with Crippen LogP contribution >= 0.6 is 0 Å². The van der Waals surface area contributed by atoms with Crippen LogP contribution in [0.1, 0.15) is 31.2 Å². The van der Waals surface area contributed by atoms with Crippen LogP contribution in [0.4, 0.5) is 0 Å². The molecule has 1 atom stereocenters. The van der Waals surface area contributed by atoms with E-state index in [1.165, 1.54) is 11.6 Å². The van der Waals surface area contributed by atoms with Gasteiger partial charge in [-0.15, -0.1) is 0 Å². The van der Waals surface area contributed by atoms with Gasteiger partial charge in [0.05, 0.1) is 34.4 Å². The van der Waals surface area contributed by atoms with E-state index in [1.807, 2.05) is 72.8 Å². The van der Waals surface area contributed by atoms with Crippen molar-refractivity contribution in [2.24, 2.45) is 14.1 Å². The second-order valence-electron chi connectivity index (χ2n) is 9.18. The number of nitrogens with zero attached hydrogens (tertiary/aromatic N) is 3. The van der Waals surface area contributed by atoms with Crippen molar-refractivity contribution in [3.63, 3.8) is 0 Å². The van der Waals surface area contributed by atoms with Crippen LogP contribution in [0, 0.1) is 0 Å². The molecule has 0 amide bonds. The molecule has 6 heteroatoms. The van der Waals surface area contributed by atoms with Crippen molar-refractivity contribution in [1.29, 1.82) is 0 Å². The van der Waals surface area contributed by atoms with E-state index in [9.17, 15) is 9.59 Å². The normalized spacial score (nSPS) is 17.5. The van der Waals surface area contributed by atoms with E-state index >= 15 is 0 Å². The first-order chi connectivity index (χ1) is 15.8. The number of aromatic nitrogens is 3. The highest BCUT2D eigenvalue weighted by Gasteiger charge is 2.39. The van der Waals surface area contributed by atoms with E-state index in [0.717, 1.165) is 22.5 Å². The maximum absolute atomic E-state index is 13.5. The maximum Gasteiger partial charge on any atom is 0.331 e. The molecule has 0 aliphatic carbocycles. The SMILES string of the molecule is Cn1c(=O)c2c(-c3ccccc3)n3c(c2n(C)c1=O)[C@H](/C=C/c1ccccc1)OCC3(C)C. The third kappa shape index (κ3) is 3.29. The highest BCUT2D eigenvalue weighted by molar-refractivity contribution is 5.96. The molecule has 0 radical (unpaired) electrons. The van der Waals surface area contributed by atoms with Gasteiger partial charge in [0.2, 0.25) is 0 Å². The van der Waals surface area contributed by atoms with E-state index in [1.54, 1.807) is 11.6 Å². The Morgan fingerprint density at radius 3 is 2.24 bits per heavy atom. The third-order valence-corrected chi connectivity index (χ3v) is 6.41. The molecule has 3 heterocycles. The molecule has 2 aromatic carbocycles. The van der Waals surface area contributed by atoms with Gasteiger partial charge in [-0.2, -0.15) is 0 Å². The summed E-state index contributed by atoms with van der Waals surface area (Å²) in [6, 6.07) is 19.9. The molecule has 0 saturated heterocycles. The van der Waals surface area contributed by atoms with Crippen LogP contribution in [-0.4, -0.2) is 20.3 Å². The molecule has 6 nitrogen and oxygen atoms in total. The summed E-state index contributed by atoms with van der Waals surface area (Å²) in [6.45, 7) is 4.67. The molecule has 0 unspecified atom stereocenters. The Hall–Kier alpha value is -3.64. The molecular weight excluding hydrogens is 414 g/mol. The average molecular weight is 442 g/mol. The highest BCUT2D eigenvalue weighted by atomic mass is 16.5. The number of aryl methyl sites for hydroxylation is 1. The van der Waals surface area contributed by atoms with Crippen LogP contribution in [-0.2, 0) is 24.4 Å². The highest BCUT2D eigenvalue weighted by Crippen LogP contribution is 2.43. The van der Waals surface area contributed by atoms with E-state index in [-0.39, 0.29) is 11.2 Å². The third-order valence-electron chi connectivity index (χ3n) is 6.41. The fourth-order valence-electron chi connectivity index (χ4n) is 4.80. The standard InChI is InChI=1S/C27H27N3O3/c1-27(2)17-33-20(16-15-18-11-7-5-8-12-18)23-24-21(25(31)29(4)26(32)28(24)3)22(30(23)27)19-13-9-6-10-14-19/h5-16,20H,17H2,1-4H3/b16-15+/t20-/m0/s1. The predicted octanol–water partition coefficient (Wildman–Crippen LogP) is 4.23. The Morgan fingerprint density at radius 2 is 1.58 bits per heavy atom. The molecule has 0 saturated carbocycles. The largest absolute Gasteiger partial charge is 0.365 e. The summed E-state index contributed by atoms with van der Waals surface area (Å²) in [7, 11) is 3.25. The van der Waals surface area contributed by atoms with Crippen LogP contribution in [0.3, 0.4) is 0 Å². The smallest absolute Gasteiger partial charge is 0.331 e. The minimum atomic E-state index is -0.419. The molecular formula is C27H27N3O3. The Labute approximate surface area is 192 Å². The van der Waals surface area contributed by atoms with Crippen molar-refractivity contribution in [2.45, 2.75) is 25.5 Å². The quantitative estimate of drug-likeness (QED) is 0.478. The van der Waals surface area contributed by atoms with Crippen LogP contribution in [0.15, 0.2) is 76.3 Å². The molecule has 2 aromatic heterocycles. The number of fused-ring (bicyclic) bond motifs is 3. The topological polar surface area (TPSA) is 58.2 Å². The van der Waals surface area contributed by atoms with Gasteiger partial charge in [0.25, 0.3) is 5.56 Å². The summed E-state index contributed by atoms with van der Waals surface area (Å²) in [4.78, 5) is 26.4. The first-order valence-corrected chi connectivity index (χ1v) is 11.1. The van der Waals surface area contributed by atoms with Gasteiger partial charge >= 0.3 is 5.69 Å². The van der Waals surface area contributed by atoms with E-state index < -0.39 is 11.6 Å². The lowest BCUT2D eigenvalue weighted by Crippen LogP contribution is -2.39. The minimum absolute atomic E-state index is 0.296. The molecule has 0 bridgehead atoms. The maximum atomic E-state index is 13.5. The number of benzene rings is 2. The Balaban J connectivity index is 1.90. The second kappa shape index (κ2) is 7.74. The molecule has 0 N–H and O–H groups in total. The molecule has 4 aromatic rings. The zero-order chi connectivity index (χ0) is 23.3. The number of hydrogen-bond acceptors (Lipinski definition) is 3. The monoisotopic (exact) mass is 441 g/mol. The summed E-state index contributed by atoms with van der Waals surface area (Å²) in [6.07, 6.45) is 3.62. The van der Waals surface area contributed by atoms with Gasteiger partial charge in [0, 0.05) is 14.1 Å². The van der Waals surface area contributed by atoms with Gasteiger partial charge in [0.15, 0.2) is 0 Å². The van der Waals surface area contributed by atoms with Gasteiger partial charge in [-0.05, 0) is 31.1 Å². The second-order valence-corrected chi connectivity index (χ2v) is 9.18. The van der Waals surface area contributed by atoms with Crippen molar-refractivity contribution in [3.8, 4) is 11.3 Å². The van der Waals surface area contributed by atoms with Gasteiger partial charge in [-0.3, -0.25) is 13.9 Å². The number of hydrogen-bond donors (Lipinski definition) is 0. The molecule has 0 fully saturated rings. The first kappa shape index (κ1) is 21.2. The van der Waals surface area contributed by atoms with Gasteiger partial charge in [-0.25, -0.2) is 4.79 Å². The fourth-order valence-corrected chi connectivity index (χ4v) is 4.80. The predicted molar refractivity (Wildman–Crippen MR) is 131 cm³/mol. The van der Waals surface area contributed by atoms with Crippen LogP contribution in [0.2, 0.25) is 0 Å². The molecule has 168 valence electrons. The van der Waals surface area contributed by atoms with Crippen LogP contribution < -0.4 is 11.2 Å². The van der Waals surface area contributed by atoms with Crippen molar-refractivity contribution in [3.05, 3.63) is 98.8 Å². The zero-order valence-corrected chi connectivity index (χ0v) is 19.3. The molecule has 33 heavy (non-hydrogen) atoms. The van der Waals surface area contributed by atoms with Gasteiger partial charge in [0.1, 0.15) is 6.10 Å². The molecule has 1 aliphatic heterocycles. The van der Waals surface area contributed by atoms with E-state index in [2.05, 4.69) is 18.4 Å². The van der Waals surface area contributed by atoms with E-state index in [4.69, 9.17) is 4.74 Å². The molecule has 1 aliphatic rings. The summed E-state index contributed by atoms with van der Waals surface area (Å²) >= 11 is 0. The lowest BCUT2D eigenvalue weighted by Gasteiger charge is -2.38. The Kier molecular flexibility index (Phi) is 4.98. The Morgan fingerprint density at radius 1 is 0.939 bits per heavy atom. The minimum Gasteiger partial charge on any atom is -0.365 e. The number of rotatable bonds is 3. The average Bonchev–Trinajstić information content (AvgIpc) is 3.20. The van der Waals surface area contributed by atoms with Crippen molar-refractivity contribution >= 4 is 17.0 Å². The summed E-state index contributed by atoms with van der Waals surface area (Å²) < 4.78 is 11.3. The fraction of sp³-hybridized carbons (Fsp3) is 0.259. The van der Waals surface area contributed by atoms with Crippen molar-refractivity contribution < 1.29 is 4.74 Å². The molecule has 0 spiro atoms. The first-order valence-electron chi connectivity index (χ1n) is 11.1. The van der Waals surface area contributed by atoms with Gasteiger partial charge in [-0.1, -0.05) is 66.7 Å². The summed E-state index contributed by atoms with van der Waals surface area (Å²) in [5, 5.41) is 0.539. The van der Waals surface area contributed by atoms with Gasteiger partial charge < -0.3 is 9.30 Å². The van der Waals surface area contributed by atoms with Crippen LogP contribution in [0.25, 0.3) is 28.2 Å².